The molecule has 2 heterocycles. The minimum Gasteiger partial charge on any atom is -0.463 e. The van der Waals surface area contributed by atoms with E-state index in [9.17, 15) is 9.59 Å². The SMILES string of the molecule is CCOC(=O)C1=C(c2ccccc2)N=C2SC=C(CC(=O)N(C)C3CCCCC3)N2C1c1ccc(C)cc1. The van der Waals surface area contributed by atoms with Gasteiger partial charge in [-0.15, -0.1) is 0 Å². The Morgan fingerprint density at radius 3 is 2.45 bits per heavy atom. The number of ether oxygens (including phenoxy) is 1. The molecule has 1 saturated carbocycles. The first kappa shape index (κ1) is 26.3. The van der Waals surface area contributed by atoms with Crippen molar-refractivity contribution in [3.8, 4) is 0 Å². The predicted octanol–water partition coefficient (Wildman–Crippen LogP) is 6.45. The van der Waals surface area contributed by atoms with Crippen molar-refractivity contribution < 1.29 is 14.3 Å². The molecule has 0 aromatic heterocycles. The van der Waals surface area contributed by atoms with Gasteiger partial charge in [-0.1, -0.05) is 91.2 Å². The van der Waals surface area contributed by atoms with Gasteiger partial charge in [-0.2, -0.15) is 0 Å². The fraction of sp³-hybridized carbons (Fsp3) is 0.387. The lowest BCUT2D eigenvalue weighted by molar-refractivity contribution is -0.139. The van der Waals surface area contributed by atoms with E-state index in [0.717, 1.165) is 40.4 Å². The largest absolute Gasteiger partial charge is 0.463 e. The van der Waals surface area contributed by atoms with Gasteiger partial charge in [0.25, 0.3) is 0 Å². The van der Waals surface area contributed by atoms with Crippen LogP contribution >= 0.6 is 11.8 Å². The number of amides is 1. The van der Waals surface area contributed by atoms with Crippen molar-refractivity contribution in [2.75, 3.05) is 13.7 Å². The molecule has 0 bridgehead atoms. The van der Waals surface area contributed by atoms with Crippen LogP contribution in [0.4, 0.5) is 0 Å². The number of hydrogen-bond donors (Lipinski definition) is 0. The van der Waals surface area contributed by atoms with E-state index in [1.807, 2.05) is 61.5 Å². The molecule has 7 heteroatoms. The minimum absolute atomic E-state index is 0.100. The molecular weight excluding hydrogens is 494 g/mol. The second-order valence-corrected chi connectivity index (χ2v) is 11.0. The fourth-order valence-electron chi connectivity index (χ4n) is 5.50. The van der Waals surface area contributed by atoms with Crippen molar-refractivity contribution in [1.29, 1.82) is 0 Å². The lowest BCUT2D eigenvalue weighted by Crippen LogP contribution is -2.41. The number of nitrogens with zero attached hydrogens (tertiary/aromatic N) is 3. The number of amidine groups is 1. The van der Waals surface area contributed by atoms with Crippen molar-refractivity contribution in [3.05, 3.63) is 88.0 Å². The van der Waals surface area contributed by atoms with Gasteiger partial charge in [0.15, 0.2) is 5.17 Å². The standard InChI is InChI=1S/C31H35N3O3S/c1-4-37-30(36)27-28(22-11-7-5-8-12-22)32-31-34(29(27)23-17-15-21(2)16-18-23)25(20-38-31)19-26(35)33(3)24-13-9-6-10-14-24/h5,7-8,11-12,15-18,20,24,29H,4,6,9-10,13-14,19H2,1-3H3. The first-order valence-electron chi connectivity index (χ1n) is 13.5. The topological polar surface area (TPSA) is 62.2 Å². The van der Waals surface area contributed by atoms with Gasteiger partial charge >= 0.3 is 5.97 Å². The van der Waals surface area contributed by atoms with Crippen LogP contribution in [0.15, 0.2) is 76.3 Å². The summed E-state index contributed by atoms with van der Waals surface area (Å²) in [6, 6.07) is 17.9. The highest BCUT2D eigenvalue weighted by Crippen LogP contribution is 2.47. The molecule has 3 aliphatic rings. The number of fused-ring (bicyclic) bond motifs is 1. The molecule has 1 fully saturated rings. The zero-order chi connectivity index (χ0) is 26.6. The van der Waals surface area contributed by atoms with Crippen LogP contribution in [0.3, 0.4) is 0 Å². The Bertz CT molecular complexity index is 1280. The Morgan fingerprint density at radius 1 is 1.05 bits per heavy atom. The van der Waals surface area contributed by atoms with Crippen molar-refractivity contribution in [2.24, 2.45) is 4.99 Å². The van der Waals surface area contributed by atoms with Gasteiger partial charge in [-0.3, -0.25) is 4.79 Å². The van der Waals surface area contributed by atoms with Crippen LogP contribution in [0.2, 0.25) is 0 Å². The lowest BCUT2D eigenvalue weighted by atomic mass is 9.91. The van der Waals surface area contributed by atoms with E-state index >= 15 is 0 Å². The third kappa shape index (κ3) is 5.30. The summed E-state index contributed by atoms with van der Waals surface area (Å²) in [6.45, 7) is 4.13. The van der Waals surface area contributed by atoms with Crippen LogP contribution in [0.5, 0.6) is 0 Å². The number of esters is 1. The third-order valence-corrected chi connectivity index (χ3v) is 8.48. The Balaban J connectivity index is 1.56. The smallest absolute Gasteiger partial charge is 0.338 e. The van der Waals surface area contributed by atoms with Crippen LogP contribution in [-0.2, 0) is 14.3 Å². The maximum absolute atomic E-state index is 13.6. The molecule has 1 aliphatic carbocycles. The van der Waals surface area contributed by atoms with E-state index in [2.05, 4.69) is 29.2 Å². The maximum Gasteiger partial charge on any atom is 0.338 e. The summed E-state index contributed by atoms with van der Waals surface area (Å²) in [5.74, 6) is -0.287. The molecule has 1 amide bonds. The fourth-order valence-corrected chi connectivity index (χ4v) is 6.42. The minimum atomic E-state index is -0.452. The molecule has 0 spiro atoms. The van der Waals surface area contributed by atoms with Gasteiger partial charge in [-0.25, -0.2) is 9.79 Å². The number of carbonyl (C=O) groups is 2. The number of benzene rings is 2. The highest BCUT2D eigenvalue weighted by atomic mass is 32.2. The molecule has 1 unspecified atom stereocenters. The number of rotatable bonds is 7. The van der Waals surface area contributed by atoms with Crippen molar-refractivity contribution in [3.63, 3.8) is 0 Å². The molecule has 5 rings (SSSR count). The van der Waals surface area contributed by atoms with Gasteiger partial charge < -0.3 is 14.5 Å². The molecule has 38 heavy (non-hydrogen) atoms. The summed E-state index contributed by atoms with van der Waals surface area (Å²) in [5.41, 5.74) is 4.93. The molecule has 6 nitrogen and oxygen atoms in total. The summed E-state index contributed by atoms with van der Waals surface area (Å²) in [4.78, 5) is 36.1. The third-order valence-electron chi connectivity index (χ3n) is 7.59. The van der Waals surface area contributed by atoms with Crippen LogP contribution in [0.25, 0.3) is 5.70 Å². The normalized spacial score (nSPS) is 19.6. The van der Waals surface area contributed by atoms with Gasteiger partial charge in [0, 0.05) is 24.4 Å². The van der Waals surface area contributed by atoms with Crippen LogP contribution in [0, 0.1) is 6.92 Å². The van der Waals surface area contributed by atoms with Crippen molar-refractivity contribution in [1.82, 2.24) is 9.80 Å². The second kappa shape index (κ2) is 11.6. The van der Waals surface area contributed by atoms with Crippen LogP contribution in [-0.4, -0.2) is 46.5 Å². The average molecular weight is 530 g/mol. The Kier molecular flexibility index (Phi) is 8.03. The van der Waals surface area contributed by atoms with Crippen LogP contribution < -0.4 is 0 Å². The summed E-state index contributed by atoms with van der Waals surface area (Å²) in [5, 5.41) is 2.79. The zero-order valence-electron chi connectivity index (χ0n) is 22.4. The van der Waals surface area contributed by atoms with Gasteiger partial charge in [0.1, 0.15) is 0 Å². The van der Waals surface area contributed by atoms with Gasteiger partial charge in [-0.05, 0) is 37.7 Å². The van der Waals surface area contributed by atoms with E-state index in [1.54, 1.807) is 0 Å². The number of aliphatic imine (C=N–C) groups is 1. The predicted molar refractivity (Wildman–Crippen MR) is 153 cm³/mol. The highest BCUT2D eigenvalue weighted by molar-refractivity contribution is 8.16. The first-order valence-corrected chi connectivity index (χ1v) is 14.4. The van der Waals surface area contributed by atoms with Gasteiger partial charge in [0.2, 0.25) is 5.91 Å². The molecule has 0 saturated heterocycles. The quantitative estimate of drug-likeness (QED) is 0.386. The van der Waals surface area contributed by atoms with E-state index in [-0.39, 0.29) is 24.9 Å². The number of hydrogen-bond acceptors (Lipinski definition) is 6. The van der Waals surface area contributed by atoms with Crippen molar-refractivity contribution in [2.45, 2.75) is 64.5 Å². The maximum atomic E-state index is 13.6. The zero-order valence-corrected chi connectivity index (χ0v) is 23.2. The van der Waals surface area contributed by atoms with E-state index in [1.165, 1.54) is 31.0 Å². The van der Waals surface area contributed by atoms with E-state index < -0.39 is 6.04 Å². The molecule has 198 valence electrons. The summed E-state index contributed by atoms with van der Waals surface area (Å²) < 4.78 is 5.60. The highest BCUT2D eigenvalue weighted by Gasteiger charge is 2.42. The monoisotopic (exact) mass is 529 g/mol. The number of carbonyl (C=O) groups excluding carboxylic acids is 2. The molecule has 0 N–H and O–H groups in total. The Hall–Kier alpha value is -3.32. The molecular formula is C31H35N3O3S. The molecule has 2 aromatic carbocycles. The van der Waals surface area contributed by atoms with Gasteiger partial charge in [0.05, 0.1) is 30.3 Å². The molecule has 0 radical (unpaired) electrons. The second-order valence-electron chi connectivity index (χ2n) is 10.1. The molecule has 2 aromatic rings. The Labute approximate surface area is 229 Å². The lowest BCUT2D eigenvalue weighted by Gasteiger charge is -2.37. The summed E-state index contributed by atoms with van der Waals surface area (Å²) in [6.07, 6.45) is 5.99. The number of aryl methyl sites for hydroxylation is 1. The van der Waals surface area contributed by atoms with E-state index in [0.29, 0.717) is 17.3 Å². The van der Waals surface area contributed by atoms with E-state index in [4.69, 9.17) is 9.73 Å². The first-order chi connectivity index (χ1) is 18.5. The van der Waals surface area contributed by atoms with Crippen LogP contribution in [0.1, 0.15) is 68.2 Å². The average Bonchev–Trinajstić information content (AvgIpc) is 3.35. The molecule has 2 aliphatic heterocycles. The van der Waals surface area contributed by atoms with Crippen molar-refractivity contribution >= 4 is 34.5 Å². The Morgan fingerprint density at radius 2 is 1.76 bits per heavy atom. The number of thioether (sulfide) groups is 1. The molecule has 1 atom stereocenters. The summed E-state index contributed by atoms with van der Waals surface area (Å²) in [7, 11) is 1.93. The summed E-state index contributed by atoms with van der Waals surface area (Å²) >= 11 is 1.51.